The Kier molecular flexibility index (Phi) is 39.6. The molecule has 0 spiro atoms. The molecule has 2 saturated heterocycles. The number of hydrogen-bond acceptors (Lipinski definition) is 24. The number of benzene rings is 4. The Morgan fingerprint density at radius 1 is 0.388 bits per heavy atom. The summed E-state index contributed by atoms with van der Waals surface area (Å²) in [6, 6.07) is 32.1. The van der Waals surface area contributed by atoms with Gasteiger partial charge in [0.2, 0.25) is 0 Å². The SMILES string of the molecule is CC(C)(c1ccc(OCCOCCOC(=O)CCNCCN2CCNCC2)cc1)c1ccc(OCCOCCOC(=O)CCN(CCCCO)CCC(=O)OCCOCCOc2ccc(C(C)(C)c3ccc(OCCOCCOC(=O)CCNCCN4CCNCC4)cc3)cc2)cc1. The molecule has 2 heterocycles. The molecule has 24 heteroatoms. The zero-order valence-corrected chi connectivity index (χ0v) is 58.8. The summed E-state index contributed by atoms with van der Waals surface area (Å²) in [7, 11) is 0. The van der Waals surface area contributed by atoms with Gasteiger partial charge in [0, 0.05) is 122 Å². The standard InChI is InChI=1S/C74H113N7O17/c1-73(2,61-7-15-65(16-8-61)91-53-45-87-49-57-95-69(83)23-27-75-29-38-80-40-31-77-32-41-80)63-11-19-67(20-12-63)93-55-47-89-51-59-97-71(85)25-36-79(35-5-6-44-82)37-26-72(86)98-60-52-90-48-56-94-68-21-13-64(14-22-68)74(3,4)62-9-17-66(18-10-62)92-54-46-88-50-58-96-70(84)24-28-76-30-39-81-42-33-78-34-43-81/h7-22,75-78,82H,5-6,23-60H2,1-4H3. The number of rotatable bonds is 54. The second-order valence-corrected chi connectivity index (χ2v) is 25.0. The first-order valence-corrected chi connectivity index (χ1v) is 35.3. The van der Waals surface area contributed by atoms with Gasteiger partial charge in [-0.1, -0.05) is 76.2 Å². The van der Waals surface area contributed by atoms with Gasteiger partial charge in [0.1, 0.15) is 75.9 Å². The number of aliphatic hydroxyl groups excluding tert-OH is 1. The van der Waals surface area contributed by atoms with Crippen molar-refractivity contribution >= 4 is 23.9 Å². The summed E-state index contributed by atoms with van der Waals surface area (Å²) in [6.45, 7) is 27.9. The summed E-state index contributed by atoms with van der Waals surface area (Å²) in [5.41, 5.74) is 3.95. The van der Waals surface area contributed by atoms with Crippen LogP contribution in [-0.2, 0) is 67.9 Å². The van der Waals surface area contributed by atoms with Crippen LogP contribution in [0.5, 0.6) is 23.0 Å². The van der Waals surface area contributed by atoms with Crippen molar-refractivity contribution in [3.8, 4) is 23.0 Å². The molecule has 0 saturated carbocycles. The third-order valence-corrected chi connectivity index (χ3v) is 17.0. The number of nitrogens with one attached hydrogen (secondary N) is 4. The van der Waals surface area contributed by atoms with Crippen LogP contribution in [0.3, 0.4) is 0 Å². The van der Waals surface area contributed by atoms with E-state index in [2.05, 4.69) is 107 Å². The number of hydrogen-bond donors (Lipinski definition) is 5. The summed E-state index contributed by atoms with van der Waals surface area (Å²) in [6.07, 6.45) is 2.28. The normalized spacial score (nSPS) is 13.9. The molecule has 0 aromatic heterocycles. The molecule has 6 rings (SSSR count). The van der Waals surface area contributed by atoms with Crippen LogP contribution in [0.2, 0.25) is 0 Å². The van der Waals surface area contributed by atoms with Crippen LogP contribution >= 0.6 is 0 Å². The van der Waals surface area contributed by atoms with E-state index in [1.807, 2.05) is 53.4 Å². The van der Waals surface area contributed by atoms with Gasteiger partial charge in [0.25, 0.3) is 0 Å². The van der Waals surface area contributed by atoms with E-state index in [-0.39, 0.29) is 93.8 Å². The third kappa shape index (κ3) is 33.6. The highest BCUT2D eigenvalue weighted by Gasteiger charge is 2.25. The number of ether oxygens (including phenoxy) is 12. The Labute approximate surface area is 581 Å². The molecule has 0 atom stereocenters. The van der Waals surface area contributed by atoms with Gasteiger partial charge in [-0.3, -0.25) is 29.0 Å². The topological polar surface area (TPSA) is 257 Å². The Balaban J connectivity index is 0.723. The molecule has 0 aliphatic carbocycles. The van der Waals surface area contributed by atoms with Crippen LogP contribution in [-0.4, -0.2) is 267 Å². The number of esters is 4. The van der Waals surface area contributed by atoms with Crippen molar-refractivity contribution in [2.45, 2.75) is 77.0 Å². The summed E-state index contributed by atoms with van der Waals surface area (Å²) >= 11 is 0. The van der Waals surface area contributed by atoms with E-state index in [1.54, 1.807) is 0 Å². The lowest BCUT2D eigenvalue weighted by molar-refractivity contribution is -0.147. The maximum atomic E-state index is 12.7. The Morgan fingerprint density at radius 2 is 0.673 bits per heavy atom. The first kappa shape index (κ1) is 80.5. The van der Waals surface area contributed by atoms with Gasteiger partial charge < -0.3 is 88.1 Å². The molecule has 0 bridgehead atoms. The maximum absolute atomic E-state index is 12.7. The second kappa shape index (κ2) is 48.3. The van der Waals surface area contributed by atoms with Crippen molar-refractivity contribution in [3.63, 3.8) is 0 Å². The lowest BCUT2D eigenvalue weighted by Gasteiger charge is -2.27. The molecule has 4 aromatic rings. The van der Waals surface area contributed by atoms with Crippen molar-refractivity contribution in [2.24, 2.45) is 0 Å². The average Bonchev–Trinajstić information content (AvgIpc) is 0.814. The van der Waals surface area contributed by atoms with Crippen LogP contribution in [0.15, 0.2) is 97.1 Å². The summed E-state index contributed by atoms with van der Waals surface area (Å²) < 4.78 is 67.6. The van der Waals surface area contributed by atoms with Gasteiger partial charge in [-0.25, -0.2) is 0 Å². The van der Waals surface area contributed by atoms with Gasteiger partial charge in [-0.2, -0.15) is 0 Å². The van der Waals surface area contributed by atoms with Gasteiger partial charge >= 0.3 is 23.9 Å². The van der Waals surface area contributed by atoms with Crippen LogP contribution in [0.25, 0.3) is 0 Å². The Bertz CT molecular complexity index is 2590. The van der Waals surface area contributed by atoms with Crippen molar-refractivity contribution < 1.29 is 81.1 Å². The lowest BCUT2D eigenvalue weighted by atomic mass is 9.78. The number of piperazine rings is 2. The smallest absolute Gasteiger partial charge is 0.307 e. The van der Waals surface area contributed by atoms with E-state index in [0.717, 1.165) is 124 Å². The van der Waals surface area contributed by atoms with Crippen molar-refractivity contribution in [2.75, 3.05) is 224 Å². The van der Waals surface area contributed by atoms with Gasteiger partial charge in [0.15, 0.2) is 0 Å². The van der Waals surface area contributed by atoms with Gasteiger partial charge in [-0.15, -0.1) is 0 Å². The van der Waals surface area contributed by atoms with Crippen LogP contribution < -0.4 is 40.2 Å². The highest BCUT2D eigenvalue weighted by Crippen LogP contribution is 2.35. The van der Waals surface area contributed by atoms with E-state index < -0.39 is 0 Å². The maximum Gasteiger partial charge on any atom is 0.307 e. The Hall–Kier alpha value is -6.52. The molecule has 24 nitrogen and oxygen atoms in total. The highest BCUT2D eigenvalue weighted by molar-refractivity contribution is 5.71. The fraction of sp³-hybridized carbons (Fsp3) is 0.622. The molecule has 546 valence electrons. The average molecular weight is 1370 g/mol. The van der Waals surface area contributed by atoms with Gasteiger partial charge in [0.05, 0.1) is 78.5 Å². The molecule has 2 aliphatic heterocycles. The van der Waals surface area contributed by atoms with E-state index in [0.29, 0.717) is 124 Å². The fourth-order valence-corrected chi connectivity index (χ4v) is 10.9. The van der Waals surface area contributed by atoms with Crippen LogP contribution in [0, 0.1) is 0 Å². The number of carbonyl (C=O) groups is 4. The number of aliphatic hydroxyl groups is 1. The Morgan fingerprint density at radius 3 is 0.969 bits per heavy atom. The molecule has 5 N–H and O–H groups in total. The van der Waals surface area contributed by atoms with E-state index >= 15 is 0 Å². The summed E-state index contributed by atoms with van der Waals surface area (Å²) in [5.74, 6) is 1.73. The zero-order chi connectivity index (χ0) is 69.6. The summed E-state index contributed by atoms with van der Waals surface area (Å²) in [5, 5.41) is 22.7. The molecular weight excluding hydrogens is 1260 g/mol. The van der Waals surface area contributed by atoms with E-state index in [4.69, 9.17) is 56.8 Å². The van der Waals surface area contributed by atoms with E-state index in [9.17, 15) is 24.3 Å². The number of carbonyl (C=O) groups excluding carboxylic acids is 4. The van der Waals surface area contributed by atoms with Crippen molar-refractivity contribution in [3.05, 3.63) is 119 Å². The van der Waals surface area contributed by atoms with Gasteiger partial charge in [-0.05, 0) is 90.2 Å². The van der Waals surface area contributed by atoms with Crippen LogP contribution in [0.1, 0.15) is 88.5 Å². The minimum Gasteiger partial charge on any atom is -0.491 e. The molecular formula is C74H113N7O17. The molecule has 0 radical (unpaired) electrons. The van der Waals surface area contributed by atoms with Crippen molar-refractivity contribution in [1.82, 2.24) is 36.0 Å². The molecule has 0 amide bonds. The second-order valence-electron chi connectivity index (χ2n) is 25.0. The third-order valence-electron chi connectivity index (χ3n) is 17.0. The molecule has 2 fully saturated rings. The largest absolute Gasteiger partial charge is 0.491 e. The molecule has 0 unspecified atom stereocenters. The van der Waals surface area contributed by atoms with Crippen molar-refractivity contribution in [1.29, 1.82) is 0 Å². The van der Waals surface area contributed by atoms with Crippen LogP contribution in [0.4, 0.5) is 0 Å². The minimum atomic E-state index is -0.366. The molecule has 4 aromatic carbocycles. The number of nitrogens with zero attached hydrogens (tertiary/aromatic N) is 3. The first-order chi connectivity index (χ1) is 47.8. The summed E-state index contributed by atoms with van der Waals surface area (Å²) in [4.78, 5) is 56.2. The predicted molar refractivity (Wildman–Crippen MR) is 375 cm³/mol. The van der Waals surface area contributed by atoms with E-state index in [1.165, 1.54) is 0 Å². The monoisotopic (exact) mass is 1370 g/mol. The molecule has 98 heavy (non-hydrogen) atoms. The quantitative estimate of drug-likeness (QED) is 0.0210. The number of unbranched alkanes of at least 4 members (excludes halogenated alkanes) is 1. The predicted octanol–water partition coefficient (Wildman–Crippen LogP) is 5.42. The zero-order valence-electron chi connectivity index (χ0n) is 58.8. The highest BCUT2D eigenvalue weighted by atomic mass is 16.6. The lowest BCUT2D eigenvalue weighted by Crippen LogP contribution is -2.45. The molecule has 2 aliphatic rings. The fourth-order valence-electron chi connectivity index (χ4n) is 10.9. The first-order valence-electron chi connectivity index (χ1n) is 35.3. The minimum absolute atomic E-state index is 0.0616.